The molecule has 2 aromatic heterocycles. The first kappa shape index (κ1) is 20.9. The molecular weight excluding hydrogens is 416 g/mol. The van der Waals surface area contributed by atoms with Gasteiger partial charge >= 0.3 is 5.97 Å². The van der Waals surface area contributed by atoms with Crippen LogP contribution in [-0.2, 0) is 20.9 Å². The van der Waals surface area contributed by atoms with Crippen molar-refractivity contribution < 1.29 is 18.7 Å². The first-order valence-corrected chi connectivity index (χ1v) is 10.2. The highest BCUT2D eigenvalue weighted by molar-refractivity contribution is 7.99. The summed E-state index contributed by atoms with van der Waals surface area (Å²) < 4.78 is 12.2. The molecule has 0 bridgehead atoms. The molecule has 0 spiro atoms. The predicted octanol–water partition coefficient (Wildman–Crippen LogP) is 3.79. The van der Waals surface area contributed by atoms with Gasteiger partial charge in [0, 0.05) is 17.3 Å². The van der Waals surface area contributed by atoms with Gasteiger partial charge in [0.25, 0.3) is 5.91 Å². The zero-order valence-corrected chi connectivity index (χ0v) is 17.4. The van der Waals surface area contributed by atoms with Gasteiger partial charge in [0.2, 0.25) is 0 Å². The molecule has 1 amide bonds. The van der Waals surface area contributed by atoms with E-state index in [2.05, 4.69) is 15.5 Å². The van der Waals surface area contributed by atoms with E-state index < -0.39 is 11.9 Å². The molecule has 0 unspecified atom stereocenters. The highest BCUT2D eigenvalue weighted by atomic mass is 35.5. The van der Waals surface area contributed by atoms with Gasteiger partial charge in [-0.15, -0.1) is 10.2 Å². The van der Waals surface area contributed by atoms with E-state index in [0.717, 1.165) is 5.56 Å². The third-order valence-corrected chi connectivity index (χ3v) is 5.11. The van der Waals surface area contributed by atoms with Crippen molar-refractivity contribution in [2.75, 3.05) is 17.7 Å². The number of aromatic nitrogens is 3. The molecule has 0 aliphatic rings. The Balaban J connectivity index is 1.50. The van der Waals surface area contributed by atoms with Gasteiger partial charge in [-0.05, 0) is 43.7 Å². The van der Waals surface area contributed by atoms with Crippen LogP contribution in [0.3, 0.4) is 0 Å². The van der Waals surface area contributed by atoms with E-state index in [9.17, 15) is 9.59 Å². The fourth-order valence-corrected chi connectivity index (χ4v) is 3.47. The van der Waals surface area contributed by atoms with E-state index in [-0.39, 0.29) is 12.4 Å². The number of ether oxygens (including phenoxy) is 1. The van der Waals surface area contributed by atoms with Crippen LogP contribution in [0.15, 0.2) is 46.2 Å². The molecule has 8 nitrogen and oxygen atoms in total. The molecule has 10 heteroatoms. The van der Waals surface area contributed by atoms with Crippen LogP contribution < -0.4 is 5.32 Å². The molecule has 0 atom stereocenters. The van der Waals surface area contributed by atoms with Crippen LogP contribution in [0, 0.1) is 6.92 Å². The maximum absolute atomic E-state index is 12.0. The number of anilines is 1. The minimum atomic E-state index is -0.529. The number of carbonyl (C=O) groups is 2. The normalized spacial score (nSPS) is 10.7. The summed E-state index contributed by atoms with van der Waals surface area (Å²) in [6.07, 6.45) is 1.56. The monoisotopic (exact) mass is 434 g/mol. The van der Waals surface area contributed by atoms with Gasteiger partial charge in [-0.1, -0.05) is 29.4 Å². The lowest BCUT2D eigenvalue weighted by molar-refractivity contribution is -0.144. The third-order valence-electron chi connectivity index (χ3n) is 3.93. The Hall–Kier alpha value is -2.78. The zero-order valence-electron chi connectivity index (χ0n) is 15.8. The fourth-order valence-electron chi connectivity index (χ4n) is 2.49. The maximum Gasteiger partial charge on any atom is 0.316 e. The van der Waals surface area contributed by atoms with Gasteiger partial charge in [0.1, 0.15) is 0 Å². The van der Waals surface area contributed by atoms with Crippen LogP contribution in [0.5, 0.6) is 0 Å². The van der Waals surface area contributed by atoms with Crippen molar-refractivity contribution in [2.45, 2.75) is 25.5 Å². The van der Waals surface area contributed by atoms with E-state index in [1.165, 1.54) is 11.8 Å². The summed E-state index contributed by atoms with van der Waals surface area (Å²) in [5, 5.41) is 12.0. The lowest BCUT2D eigenvalue weighted by Gasteiger charge is -2.09. The van der Waals surface area contributed by atoms with Crippen LogP contribution in [0.4, 0.5) is 5.69 Å². The number of benzene rings is 1. The number of aryl methyl sites for hydroxylation is 1. The Kier molecular flexibility index (Phi) is 6.95. The van der Waals surface area contributed by atoms with E-state index in [1.54, 1.807) is 36.6 Å². The molecular formula is C19H19ClN4O4S. The number of amides is 1. The van der Waals surface area contributed by atoms with E-state index in [4.69, 9.17) is 20.8 Å². The van der Waals surface area contributed by atoms with Crippen molar-refractivity contribution in [2.24, 2.45) is 0 Å². The Morgan fingerprint density at radius 3 is 2.86 bits per heavy atom. The molecule has 0 radical (unpaired) electrons. The largest absolute Gasteiger partial charge is 0.461 e. The smallest absolute Gasteiger partial charge is 0.316 e. The molecule has 0 saturated heterocycles. The number of thioether (sulfide) groups is 1. The molecule has 29 heavy (non-hydrogen) atoms. The highest BCUT2D eigenvalue weighted by Gasteiger charge is 2.17. The summed E-state index contributed by atoms with van der Waals surface area (Å²) in [5.74, 6) is 0.217. The molecule has 0 aliphatic heterocycles. The van der Waals surface area contributed by atoms with Gasteiger partial charge in [0.15, 0.2) is 23.3 Å². The predicted molar refractivity (Wildman–Crippen MR) is 110 cm³/mol. The quantitative estimate of drug-likeness (QED) is 0.425. The fraction of sp³-hybridized carbons (Fsp3) is 0.263. The summed E-state index contributed by atoms with van der Waals surface area (Å²) >= 11 is 7.11. The van der Waals surface area contributed by atoms with Crippen LogP contribution in [0.1, 0.15) is 12.5 Å². The number of nitrogens with one attached hydrogen (secondary N) is 1. The average Bonchev–Trinajstić information content (AvgIpc) is 3.36. The van der Waals surface area contributed by atoms with Gasteiger partial charge in [-0.3, -0.25) is 14.2 Å². The SMILES string of the molecule is CCn1c(SCC(=O)OCC(=O)Nc2cc(Cl)ccc2C)nnc1-c1ccco1. The number of hydrogen-bond acceptors (Lipinski definition) is 7. The molecule has 3 aromatic rings. The zero-order chi connectivity index (χ0) is 20.8. The molecule has 0 fully saturated rings. The minimum absolute atomic E-state index is 0.000237. The summed E-state index contributed by atoms with van der Waals surface area (Å²) in [6, 6.07) is 8.72. The van der Waals surface area contributed by atoms with Gasteiger partial charge in [-0.2, -0.15) is 0 Å². The number of hydrogen-bond donors (Lipinski definition) is 1. The average molecular weight is 435 g/mol. The Morgan fingerprint density at radius 2 is 2.14 bits per heavy atom. The van der Waals surface area contributed by atoms with Crippen LogP contribution in [-0.4, -0.2) is 39.0 Å². The second-order valence-corrected chi connectivity index (χ2v) is 7.36. The molecule has 3 rings (SSSR count). The molecule has 0 aliphatic carbocycles. The van der Waals surface area contributed by atoms with Crippen LogP contribution in [0.25, 0.3) is 11.6 Å². The number of carbonyl (C=O) groups excluding carboxylic acids is 2. The molecule has 152 valence electrons. The molecule has 1 N–H and O–H groups in total. The van der Waals surface area contributed by atoms with Crippen molar-refractivity contribution in [1.82, 2.24) is 14.8 Å². The van der Waals surface area contributed by atoms with Crippen molar-refractivity contribution in [3.63, 3.8) is 0 Å². The number of rotatable bonds is 8. The minimum Gasteiger partial charge on any atom is -0.461 e. The van der Waals surface area contributed by atoms with Crippen LogP contribution in [0.2, 0.25) is 5.02 Å². The maximum atomic E-state index is 12.0. The van der Waals surface area contributed by atoms with E-state index >= 15 is 0 Å². The number of halogens is 1. The summed E-state index contributed by atoms with van der Waals surface area (Å²) in [4.78, 5) is 24.0. The second-order valence-electron chi connectivity index (χ2n) is 5.98. The third kappa shape index (κ3) is 5.39. The first-order chi connectivity index (χ1) is 14.0. The Bertz CT molecular complexity index is 1000. The van der Waals surface area contributed by atoms with Crippen molar-refractivity contribution in [3.05, 3.63) is 47.2 Å². The summed E-state index contributed by atoms with van der Waals surface area (Å²) in [6.45, 7) is 4.01. The van der Waals surface area contributed by atoms with Gasteiger partial charge < -0.3 is 14.5 Å². The van der Waals surface area contributed by atoms with Crippen molar-refractivity contribution >= 4 is 40.9 Å². The number of nitrogens with zero attached hydrogens (tertiary/aromatic N) is 3. The summed E-state index contributed by atoms with van der Waals surface area (Å²) in [5.41, 5.74) is 1.44. The lowest BCUT2D eigenvalue weighted by atomic mass is 10.2. The lowest BCUT2D eigenvalue weighted by Crippen LogP contribution is -2.22. The van der Waals surface area contributed by atoms with Crippen LogP contribution >= 0.6 is 23.4 Å². The summed E-state index contributed by atoms with van der Waals surface area (Å²) in [7, 11) is 0. The number of furan rings is 1. The molecule has 2 heterocycles. The highest BCUT2D eigenvalue weighted by Crippen LogP contribution is 2.24. The first-order valence-electron chi connectivity index (χ1n) is 8.79. The Morgan fingerprint density at radius 1 is 1.31 bits per heavy atom. The van der Waals surface area contributed by atoms with E-state index in [0.29, 0.717) is 34.0 Å². The Labute approximate surface area is 176 Å². The van der Waals surface area contributed by atoms with Gasteiger partial charge in [-0.25, -0.2) is 0 Å². The van der Waals surface area contributed by atoms with Crippen molar-refractivity contribution in [1.29, 1.82) is 0 Å². The van der Waals surface area contributed by atoms with Gasteiger partial charge in [0.05, 0.1) is 12.0 Å². The molecule has 0 saturated carbocycles. The number of esters is 1. The second kappa shape index (κ2) is 9.62. The molecule has 1 aromatic carbocycles. The standard InChI is InChI=1S/C19H19ClN4O4S/c1-3-24-18(15-5-4-8-27-15)22-23-19(24)29-11-17(26)28-10-16(25)21-14-9-13(20)7-6-12(14)2/h4-9H,3,10-11H2,1-2H3,(H,21,25). The van der Waals surface area contributed by atoms with Crippen molar-refractivity contribution in [3.8, 4) is 11.6 Å². The van der Waals surface area contributed by atoms with E-state index in [1.807, 2.05) is 18.4 Å². The topological polar surface area (TPSA) is 99.2 Å².